The summed E-state index contributed by atoms with van der Waals surface area (Å²) >= 11 is 12.4. The van der Waals surface area contributed by atoms with Crippen molar-refractivity contribution in [1.82, 2.24) is 9.80 Å². The molecule has 3 aromatic rings. The van der Waals surface area contributed by atoms with Gasteiger partial charge in [-0.2, -0.15) is 0 Å². The summed E-state index contributed by atoms with van der Waals surface area (Å²) in [7, 11) is -1.71. The van der Waals surface area contributed by atoms with Gasteiger partial charge in [-0.15, -0.1) is 0 Å². The summed E-state index contributed by atoms with van der Waals surface area (Å²) in [6.45, 7) is 3.86. The van der Waals surface area contributed by atoms with Crippen molar-refractivity contribution in [1.29, 1.82) is 0 Å². The Kier molecular flexibility index (Phi) is 10.2. The van der Waals surface area contributed by atoms with Crippen molar-refractivity contribution in [2.45, 2.75) is 13.0 Å². The molecule has 2 aliphatic heterocycles. The molecule has 1 saturated heterocycles. The lowest BCUT2D eigenvalue weighted by Crippen LogP contribution is -2.46. The minimum absolute atomic E-state index is 0.0220. The number of amides is 2. The van der Waals surface area contributed by atoms with Gasteiger partial charge in [0.2, 0.25) is 15.9 Å². The summed E-state index contributed by atoms with van der Waals surface area (Å²) in [5.41, 5.74) is 3.44. The summed E-state index contributed by atoms with van der Waals surface area (Å²) in [4.78, 5) is 31.7. The summed E-state index contributed by atoms with van der Waals surface area (Å²) in [5.74, 6) is -0.300. The fourth-order valence-corrected chi connectivity index (χ4v) is 5.99. The summed E-state index contributed by atoms with van der Waals surface area (Å²) < 4.78 is 37.7. The monoisotopic (exact) mass is 672 g/mol. The largest absolute Gasteiger partial charge is 0.482 e. The Bertz CT molecular complexity index is 1690. The SMILES string of the molecule is CCS(=O)(=O)Nc1cccc(-c2ccc(C(/C=C/N3CCOCC3)N(C)C(=O)CN3C(=O)COc4cc(Cl)c(Cl)cc43)cc2)c1. The lowest BCUT2D eigenvalue weighted by Gasteiger charge is -2.33. The van der Waals surface area contributed by atoms with Gasteiger partial charge >= 0.3 is 0 Å². The summed E-state index contributed by atoms with van der Waals surface area (Å²) in [5, 5.41) is 0.540. The number of fused-ring (bicyclic) bond motifs is 1. The summed E-state index contributed by atoms with van der Waals surface area (Å²) in [6.07, 6.45) is 3.94. The molecule has 5 rings (SSSR count). The molecule has 45 heavy (non-hydrogen) atoms. The van der Waals surface area contributed by atoms with Gasteiger partial charge in [0.05, 0.1) is 40.7 Å². The van der Waals surface area contributed by atoms with Crippen LogP contribution in [-0.2, 0) is 24.3 Å². The molecule has 0 radical (unpaired) electrons. The molecule has 13 heteroatoms. The highest BCUT2D eigenvalue weighted by atomic mass is 35.5. The van der Waals surface area contributed by atoms with Gasteiger partial charge in [0.25, 0.3) is 5.91 Å². The van der Waals surface area contributed by atoms with Crippen molar-refractivity contribution in [2.75, 3.05) is 61.9 Å². The van der Waals surface area contributed by atoms with E-state index < -0.39 is 16.1 Å². The molecule has 238 valence electrons. The number of morpholine rings is 1. The highest BCUT2D eigenvalue weighted by Crippen LogP contribution is 2.39. The zero-order chi connectivity index (χ0) is 32.1. The number of sulfonamides is 1. The number of hydrogen-bond donors (Lipinski definition) is 1. The van der Waals surface area contributed by atoms with Gasteiger partial charge in [0.15, 0.2) is 6.61 Å². The van der Waals surface area contributed by atoms with Crippen LogP contribution in [0.25, 0.3) is 11.1 Å². The van der Waals surface area contributed by atoms with E-state index in [0.29, 0.717) is 35.4 Å². The first-order valence-corrected chi connectivity index (χ1v) is 16.8. The maximum Gasteiger partial charge on any atom is 0.265 e. The van der Waals surface area contributed by atoms with E-state index >= 15 is 0 Å². The quantitative estimate of drug-likeness (QED) is 0.316. The Morgan fingerprint density at radius 1 is 1.04 bits per heavy atom. The van der Waals surface area contributed by atoms with E-state index in [1.54, 1.807) is 37.1 Å². The molecular formula is C32H34Cl2N4O6S. The number of anilines is 2. The van der Waals surface area contributed by atoms with Crippen molar-refractivity contribution >= 4 is 56.4 Å². The predicted octanol–water partition coefficient (Wildman–Crippen LogP) is 5.19. The van der Waals surface area contributed by atoms with Crippen LogP contribution in [0.2, 0.25) is 10.0 Å². The van der Waals surface area contributed by atoms with E-state index in [9.17, 15) is 18.0 Å². The molecule has 3 aromatic carbocycles. The Labute approximate surface area is 273 Å². The van der Waals surface area contributed by atoms with Crippen LogP contribution in [0.4, 0.5) is 11.4 Å². The Hall–Kier alpha value is -3.77. The topological polar surface area (TPSA) is 108 Å². The third kappa shape index (κ3) is 7.91. The number of likely N-dealkylation sites (N-methyl/N-ethyl adjacent to an activating group) is 1. The normalized spacial score (nSPS) is 15.9. The summed E-state index contributed by atoms with van der Waals surface area (Å²) in [6, 6.07) is 17.5. The molecule has 2 heterocycles. The fourth-order valence-electron chi connectivity index (χ4n) is 5.05. The highest BCUT2D eigenvalue weighted by molar-refractivity contribution is 7.92. The van der Waals surface area contributed by atoms with Crippen molar-refractivity contribution in [3.8, 4) is 16.9 Å². The second-order valence-corrected chi connectivity index (χ2v) is 13.5. The second-order valence-electron chi connectivity index (χ2n) is 10.7. The van der Waals surface area contributed by atoms with Gasteiger partial charge in [-0.3, -0.25) is 19.2 Å². The van der Waals surface area contributed by atoms with Crippen LogP contribution >= 0.6 is 23.2 Å². The van der Waals surface area contributed by atoms with E-state index in [-0.39, 0.29) is 35.7 Å². The van der Waals surface area contributed by atoms with E-state index in [4.69, 9.17) is 32.7 Å². The third-order valence-corrected chi connectivity index (χ3v) is 9.70. The lowest BCUT2D eigenvalue weighted by atomic mass is 9.99. The highest BCUT2D eigenvalue weighted by Gasteiger charge is 2.31. The first kappa shape index (κ1) is 32.6. The minimum Gasteiger partial charge on any atom is -0.482 e. The van der Waals surface area contributed by atoms with Crippen molar-refractivity contribution < 1.29 is 27.5 Å². The van der Waals surface area contributed by atoms with Gasteiger partial charge in [-0.05, 0) is 54.1 Å². The molecule has 0 saturated carbocycles. The number of carbonyl (C=O) groups is 2. The average Bonchev–Trinajstić information content (AvgIpc) is 3.04. The van der Waals surface area contributed by atoms with Crippen molar-refractivity contribution in [2.24, 2.45) is 0 Å². The molecule has 10 nitrogen and oxygen atoms in total. The fraction of sp³-hybridized carbons (Fsp3) is 0.312. The van der Waals surface area contributed by atoms with Crippen LogP contribution in [0.1, 0.15) is 18.5 Å². The number of rotatable bonds is 10. The van der Waals surface area contributed by atoms with Crippen LogP contribution in [0.5, 0.6) is 5.75 Å². The molecular weight excluding hydrogens is 639 g/mol. The Balaban J connectivity index is 1.40. The van der Waals surface area contributed by atoms with Crippen LogP contribution in [0.3, 0.4) is 0 Å². The number of nitrogens with zero attached hydrogens (tertiary/aromatic N) is 3. The smallest absolute Gasteiger partial charge is 0.265 e. The van der Waals surface area contributed by atoms with Gasteiger partial charge in [-0.1, -0.05) is 59.6 Å². The molecule has 0 spiro atoms. The molecule has 1 atom stereocenters. The number of nitrogens with one attached hydrogen (secondary N) is 1. The maximum absolute atomic E-state index is 13.8. The first-order chi connectivity index (χ1) is 21.5. The van der Waals surface area contributed by atoms with E-state index in [1.165, 1.54) is 17.0 Å². The lowest BCUT2D eigenvalue weighted by molar-refractivity contribution is -0.132. The molecule has 2 amide bonds. The number of halogens is 2. The maximum atomic E-state index is 13.8. The van der Waals surface area contributed by atoms with E-state index in [2.05, 4.69) is 9.62 Å². The van der Waals surface area contributed by atoms with Gasteiger partial charge < -0.3 is 19.3 Å². The Morgan fingerprint density at radius 3 is 2.47 bits per heavy atom. The van der Waals surface area contributed by atoms with Crippen LogP contribution in [0.15, 0.2) is 72.9 Å². The number of benzene rings is 3. The van der Waals surface area contributed by atoms with Crippen molar-refractivity contribution in [3.63, 3.8) is 0 Å². The zero-order valence-corrected chi connectivity index (χ0v) is 27.2. The van der Waals surface area contributed by atoms with Gasteiger partial charge in [0, 0.05) is 31.9 Å². The molecule has 0 bridgehead atoms. The Morgan fingerprint density at radius 2 is 1.76 bits per heavy atom. The van der Waals surface area contributed by atoms with Gasteiger partial charge in [0.1, 0.15) is 12.3 Å². The number of carbonyl (C=O) groups excluding carboxylic acids is 2. The second kappa shape index (κ2) is 14.1. The molecule has 2 aliphatic rings. The molecule has 1 N–H and O–H groups in total. The first-order valence-electron chi connectivity index (χ1n) is 14.4. The molecule has 1 fully saturated rings. The average molecular weight is 674 g/mol. The number of ether oxygens (including phenoxy) is 2. The van der Waals surface area contributed by atoms with Crippen LogP contribution in [-0.4, -0.2) is 82.3 Å². The van der Waals surface area contributed by atoms with E-state index in [0.717, 1.165) is 29.8 Å². The van der Waals surface area contributed by atoms with Gasteiger partial charge in [-0.25, -0.2) is 8.42 Å². The minimum atomic E-state index is -3.41. The third-order valence-electron chi connectivity index (χ3n) is 7.68. The molecule has 1 unspecified atom stereocenters. The zero-order valence-electron chi connectivity index (χ0n) is 24.9. The van der Waals surface area contributed by atoms with Crippen LogP contribution < -0.4 is 14.4 Å². The number of hydrogen-bond acceptors (Lipinski definition) is 7. The molecule has 0 aliphatic carbocycles. The predicted molar refractivity (Wildman–Crippen MR) is 176 cm³/mol. The standard InChI is InChI=1S/C32H34Cl2N4O6S/c1-3-45(41,42)35-25-6-4-5-24(17-25)22-7-9-23(10-8-22)28(11-12-37-13-15-43-16-14-37)36(2)31(39)20-38-29-18-26(33)27(34)19-30(29)44-21-32(38)40/h4-12,17-19,28,35H,3,13-16,20-21H2,1-2H3/b12-11+. The van der Waals surface area contributed by atoms with Crippen LogP contribution in [0, 0.1) is 0 Å². The van der Waals surface area contributed by atoms with E-state index in [1.807, 2.05) is 42.6 Å². The molecule has 0 aromatic heterocycles. The van der Waals surface area contributed by atoms with Crippen molar-refractivity contribution in [3.05, 3.63) is 88.5 Å².